The van der Waals surface area contributed by atoms with Crippen LogP contribution in [0.4, 0.5) is 0 Å². The van der Waals surface area contributed by atoms with E-state index in [-0.39, 0.29) is 6.61 Å². The van der Waals surface area contributed by atoms with Crippen LogP contribution < -0.4 is 10.1 Å². The molecule has 0 unspecified atom stereocenters. The second kappa shape index (κ2) is 7.25. The minimum atomic E-state index is 0.235. The van der Waals surface area contributed by atoms with Crippen molar-refractivity contribution in [1.82, 2.24) is 5.32 Å². The van der Waals surface area contributed by atoms with E-state index in [1.807, 2.05) is 13.0 Å². The molecule has 3 nitrogen and oxygen atoms in total. The molecule has 3 heteroatoms. The van der Waals surface area contributed by atoms with Crippen molar-refractivity contribution in [3.63, 3.8) is 0 Å². The van der Waals surface area contributed by atoms with Crippen LogP contribution in [0.15, 0.2) is 18.2 Å². The number of rotatable bonds is 7. The fourth-order valence-corrected chi connectivity index (χ4v) is 1.57. The molecule has 0 atom stereocenters. The quantitative estimate of drug-likeness (QED) is 0.693. The van der Waals surface area contributed by atoms with Crippen LogP contribution in [0.1, 0.15) is 24.5 Å². The highest BCUT2D eigenvalue weighted by atomic mass is 16.5. The third-order valence-corrected chi connectivity index (χ3v) is 2.34. The van der Waals surface area contributed by atoms with Gasteiger partial charge in [-0.05, 0) is 32.9 Å². The molecule has 1 aromatic carbocycles. The van der Waals surface area contributed by atoms with Crippen molar-refractivity contribution in [3.05, 3.63) is 29.3 Å². The van der Waals surface area contributed by atoms with Gasteiger partial charge in [0.25, 0.3) is 0 Å². The number of aliphatic hydroxyl groups excluding tert-OH is 1. The van der Waals surface area contributed by atoms with E-state index in [0.29, 0.717) is 6.61 Å². The van der Waals surface area contributed by atoms with Crippen molar-refractivity contribution < 1.29 is 9.84 Å². The van der Waals surface area contributed by atoms with Crippen LogP contribution in [0.25, 0.3) is 0 Å². The normalized spacial score (nSPS) is 10.4. The summed E-state index contributed by atoms with van der Waals surface area (Å²) in [6, 6.07) is 6.21. The van der Waals surface area contributed by atoms with Crippen molar-refractivity contribution >= 4 is 0 Å². The Balaban J connectivity index is 2.57. The minimum Gasteiger partial charge on any atom is -0.494 e. The summed E-state index contributed by atoms with van der Waals surface area (Å²) in [5, 5.41) is 12.0. The first-order chi connectivity index (χ1) is 7.77. The molecule has 90 valence electrons. The highest BCUT2D eigenvalue weighted by Crippen LogP contribution is 2.19. The van der Waals surface area contributed by atoms with Crippen LogP contribution in [-0.4, -0.2) is 24.9 Å². The molecular formula is C13H21NO2. The molecule has 0 saturated carbocycles. The van der Waals surface area contributed by atoms with Crippen molar-refractivity contribution in [1.29, 1.82) is 0 Å². The van der Waals surface area contributed by atoms with Crippen LogP contribution in [0.3, 0.4) is 0 Å². The molecule has 1 aromatic rings. The summed E-state index contributed by atoms with van der Waals surface area (Å²) >= 11 is 0. The number of hydrogen-bond donors (Lipinski definition) is 2. The van der Waals surface area contributed by atoms with Gasteiger partial charge < -0.3 is 15.2 Å². The second-order valence-electron chi connectivity index (χ2n) is 3.80. The summed E-state index contributed by atoms with van der Waals surface area (Å²) in [6.45, 7) is 6.61. The molecule has 0 aliphatic heterocycles. The Morgan fingerprint density at radius 2 is 2.19 bits per heavy atom. The Morgan fingerprint density at radius 1 is 1.38 bits per heavy atom. The summed E-state index contributed by atoms with van der Waals surface area (Å²) in [5.74, 6) is 0.949. The molecule has 0 aromatic heterocycles. The van der Waals surface area contributed by atoms with Crippen molar-refractivity contribution in [3.8, 4) is 5.75 Å². The van der Waals surface area contributed by atoms with Crippen LogP contribution in [0.5, 0.6) is 5.75 Å². The van der Waals surface area contributed by atoms with Crippen molar-refractivity contribution in [2.75, 3.05) is 19.8 Å². The lowest BCUT2D eigenvalue weighted by atomic mass is 10.1. The van der Waals surface area contributed by atoms with Gasteiger partial charge in [0, 0.05) is 18.7 Å². The van der Waals surface area contributed by atoms with E-state index in [1.165, 1.54) is 11.1 Å². The maximum Gasteiger partial charge on any atom is 0.123 e. The van der Waals surface area contributed by atoms with E-state index in [2.05, 4.69) is 24.4 Å². The molecule has 0 spiro atoms. The zero-order chi connectivity index (χ0) is 11.8. The monoisotopic (exact) mass is 223 g/mol. The van der Waals surface area contributed by atoms with Gasteiger partial charge >= 0.3 is 0 Å². The summed E-state index contributed by atoms with van der Waals surface area (Å²) in [5.41, 5.74) is 2.42. The number of hydrogen-bond acceptors (Lipinski definition) is 3. The maximum absolute atomic E-state index is 8.68. The van der Waals surface area contributed by atoms with E-state index < -0.39 is 0 Å². The molecule has 16 heavy (non-hydrogen) atoms. The molecular weight excluding hydrogens is 202 g/mol. The molecule has 0 bridgehead atoms. The van der Waals surface area contributed by atoms with Gasteiger partial charge in [-0.3, -0.25) is 0 Å². The topological polar surface area (TPSA) is 41.5 Å². The largest absolute Gasteiger partial charge is 0.494 e. The number of ether oxygens (including phenoxy) is 1. The van der Waals surface area contributed by atoms with Gasteiger partial charge in [-0.1, -0.05) is 17.7 Å². The first-order valence-corrected chi connectivity index (χ1v) is 5.81. The summed E-state index contributed by atoms with van der Waals surface area (Å²) < 4.78 is 5.56. The predicted octanol–water partition coefficient (Wildman–Crippen LogP) is 1.87. The lowest BCUT2D eigenvalue weighted by Crippen LogP contribution is -2.16. The molecule has 0 radical (unpaired) electrons. The van der Waals surface area contributed by atoms with Gasteiger partial charge in [0.2, 0.25) is 0 Å². The van der Waals surface area contributed by atoms with Gasteiger partial charge in [-0.25, -0.2) is 0 Å². The molecule has 0 aliphatic rings. The first kappa shape index (κ1) is 13.0. The molecule has 1 rings (SSSR count). The Hall–Kier alpha value is -1.06. The highest BCUT2D eigenvalue weighted by Gasteiger charge is 2.02. The van der Waals surface area contributed by atoms with Crippen molar-refractivity contribution in [2.24, 2.45) is 0 Å². The van der Waals surface area contributed by atoms with Crippen LogP contribution in [0.2, 0.25) is 0 Å². The number of aryl methyl sites for hydroxylation is 1. The van der Waals surface area contributed by atoms with E-state index in [9.17, 15) is 0 Å². The summed E-state index contributed by atoms with van der Waals surface area (Å²) in [6.07, 6.45) is 0.787. The van der Waals surface area contributed by atoms with Crippen molar-refractivity contribution in [2.45, 2.75) is 26.8 Å². The van der Waals surface area contributed by atoms with Gasteiger partial charge in [-0.15, -0.1) is 0 Å². The summed E-state index contributed by atoms with van der Waals surface area (Å²) in [7, 11) is 0. The average Bonchev–Trinajstić information content (AvgIpc) is 2.28. The van der Waals surface area contributed by atoms with Gasteiger partial charge in [0.15, 0.2) is 0 Å². The number of benzene rings is 1. The lowest BCUT2D eigenvalue weighted by molar-refractivity contribution is 0.285. The molecule has 0 amide bonds. The van der Waals surface area contributed by atoms with Crippen LogP contribution in [-0.2, 0) is 6.54 Å². The average molecular weight is 223 g/mol. The Morgan fingerprint density at radius 3 is 2.88 bits per heavy atom. The fraction of sp³-hybridized carbons (Fsp3) is 0.538. The lowest BCUT2D eigenvalue weighted by Gasteiger charge is -2.11. The third kappa shape index (κ3) is 4.21. The van der Waals surface area contributed by atoms with E-state index in [4.69, 9.17) is 9.84 Å². The van der Waals surface area contributed by atoms with Crippen LogP contribution in [0, 0.1) is 6.92 Å². The zero-order valence-corrected chi connectivity index (χ0v) is 10.1. The molecule has 0 aliphatic carbocycles. The van der Waals surface area contributed by atoms with Gasteiger partial charge in [0.05, 0.1) is 6.61 Å². The Kier molecular flexibility index (Phi) is 5.90. The fourth-order valence-electron chi connectivity index (χ4n) is 1.57. The molecule has 2 N–H and O–H groups in total. The van der Waals surface area contributed by atoms with E-state index in [1.54, 1.807) is 0 Å². The second-order valence-corrected chi connectivity index (χ2v) is 3.80. The summed E-state index contributed by atoms with van der Waals surface area (Å²) in [4.78, 5) is 0. The number of nitrogens with one attached hydrogen (secondary N) is 1. The smallest absolute Gasteiger partial charge is 0.123 e. The van der Waals surface area contributed by atoms with Gasteiger partial charge in [-0.2, -0.15) is 0 Å². The number of aliphatic hydroxyl groups is 1. The maximum atomic E-state index is 8.68. The third-order valence-electron chi connectivity index (χ3n) is 2.34. The standard InChI is InChI=1S/C13H21NO2/c1-3-16-13-6-5-11(2)9-12(13)10-14-7-4-8-15/h5-6,9,14-15H,3-4,7-8,10H2,1-2H3. The minimum absolute atomic E-state index is 0.235. The Labute approximate surface area is 97.4 Å². The van der Waals surface area contributed by atoms with E-state index in [0.717, 1.165) is 25.3 Å². The zero-order valence-electron chi connectivity index (χ0n) is 10.1. The molecule has 0 fully saturated rings. The molecule has 0 heterocycles. The predicted molar refractivity (Wildman–Crippen MR) is 65.8 cm³/mol. The first-order valence-electron chi connectivity index (χ1n) is 5.81. The SMILES string of the molecule is CCOc1ccc(C)cc1CNCCCO. The van der Waals surface area contributed by atoms with E-state index >= 15 is 0 Å². The Bertz CT molecular complexity index is 313. The molecule has 0 saturated heterocycles. The van der Waals surface area contributed by atoms with Crippen LogP contribution >= 0.6 is 0 Å². The highest BCUT2D eigenvalue weighted by molar-refractivity contribution is 5.36. The van der Waals surface area contributed by atoms with Gasteiger partial charge in [0.1, 0.15) is 5.75 Å².